The summed E-state index contributed by atoms with van der Waals surface area (Å²) in [6, 6.07) is 3.95. The summed E-state index contributed by atoms with van der Waals surface area (Å²) in [5.41, 5.74) is 2.04. The number of hydrogen-bond donors (Lipinski definition) is 2. The van der Waals surface area contributed by atoms with E-state index in [9.17, 15) is 4.79 Å². The van der Waals surface area contributed by atoms with Gasteiger partial charge in [-0.15, -0.1) is 0 Å². The van der Waals surface area contributed by atoms with E-state index in [0.29, 0.717) is 11.6 Å². The molecule has 3 rings (SSSR count). The van der Waals surface area contributed by atoms with Gasteiger partial charge >= 0.3 is 0 Å². The third kappa shape index (κ3) is 3.11. The Bertz CT molecular complexity index is 630. The Morgan fingerprint density at radius 2 is 2.24 bits per heavy atom. The third-order valence-electron chi connectivity index (χ3n) is 3.79. The van der Waals surface area contributed by atoms with Gasteiger partial charge in [0, 0.05) is 18.1 Å². The highest BCUT2D eigenvalue weighted by atomic mass is 16.1. The minimum absolute atomic E-state index is 0.148. The van der Waals surface area contributed by atoms with Crippen LogP contribution in [0.1, 0.15) is 34.9 Å². The van der Waals surface area contributed by atoms with Crippen molar-refractivity contribution in [1.82, 2.24) is 20.1 Å². The molecule has 2 N–H and O–H groups in total. The van der Waals surface area contributed by atoms with Crippen LogP contribution in [0.5, 0.6) is 0 Å². The zero-order valence-corrected chi connectivity index (χ0v) is 12.0. The lowest BCUT2D eigenvalue weighted by Crippen LogP contribution is -2.29. The maximum Gasteiger partial charge on any atom is 0.257 e. The van der Waals surface area contributed by atoms with Crippen molar-refractivity contribution < 1.29 is 4.79 Å². The number of pyridine rings is 1. The number of rotatable bonds is 3. The Balaban J connectivity index is 1.69. The first-order chi connectivity index (χ1) is 10.2. The van der Waals surface area contributed by atoms with Crippen LogP contribution < -0.4 is 10.6 Å². The molecule has 0 spiro atoms. The molecule has 1 amide bonds. The molecule has 1 aliphatic heterocycles. The molecule has 0 saturated carbocycles. The van der Waals surface area contributed by atoms with Gasteiger partial charge in [0.25, 0.3) is 5.91 Å². The van der Waals surface area contributed by atoms with E-state index in [-0.39, 0.29) is 5.91 Å². The molecule has 0 atom stereocenters. The SMILES string of the molecule is Cc1ncccc1C(=O)Nc1cnn(C2CCNCC2)c1. The van der Waals surface area contributed by atoms with Gasteiger partial charge in [-0.05, 0) is 45.0 Å². The number of aromatic nitrogens is 3. The van der Waals surface area contributed by atoms with Crippen molar-refractivity contribution in [3.05, 3.63) is 42.0 Å². The average Bonchev–Trinajstić information content (AvgIpc) is 2.97. The molecule has 1 saturated heterocycles. The summed E-state index contributed by atoms with van der Waals surface area (Å²) in [4.78, 5) is 16.4. The molecule has 110 valence electrons. The number of hydrogen-bond acceptors (Lipinski definition) is 4. The van der Waals surface area contributed by atoms with Gasteiger partial charge in [0.05, 0.1) is 23.5 Å². The van der Waals surface area contributed by atoms with Gasteiger partial charge in [0.15, 0.2) is 0 Å². The van der Waals surface area contributed by atoms with E-state index in [4.69, 9.17) is 0 Å². The van der Waals surface area contributed by atoms with Crippen molar-refractivity contribution in [2.45, 2.75) is 25.8 Å². The van der Waals surface area contributed by atoms with Crippen molar-refractivity contribution in [3.8, 4) is 0 Å². The fourth-order valence-electron chi connectivity index (χ4n) is 2.60. The summed E-state index contributed by atoms with van der Waals surface area (Å²) in [6.45, 7) is 3.86. The fraction of sp³-hybridized carbons (Fsp3) is 0.400. The number of carbonyl (C=O) groups excluding carboxylic acids is 1. The first kappa shape index (κ1) is 13.8. The molecule has 0 aromatic carbocycles. The highest BCUT2D eigenvalue weighted by Gasteiger charge is 2.16. The first-order valence-electron chi connectivity index (χ1n) is 7.22. The number of aryl methyl sites for hydroxylation is 1. The van der Waals surface area contributed by atoms with E-state index in [2.05, 4.69) is 20.7 Å². The lowest BCUT2D eigenvalue weighted by Gasteiger charge is -2.22. The molecule has 1 aliphatic rings. The van der Waals surface area contributed by atoms with Crippen LogP contribution in [-0.4, -0.2) is 33.8 Å². The normalized spacial score (nSPS) is 15.9. The molecule has 6 nitrogen and oxygen atoms in total. The molecule has 2 aromatic heterocycles. The summed E-state index contributed by atoms with van der Waals surface area (Å²) < 4.78 is 1.95. The van der Waals surface area contributed by atoms with Crippen LogP contribution in [0.3, 0.4) is 0 Å². The van der Waals surface area contributed by atoms with E-state index in [1.807, 2.05) is 17.8 Å². The molecule has 0 bridgehead atoms. The zero-order valence-electron chi connectivity index (χ0n) is 12.0. The van der Waals surface area contributed by atoms with Crippen LogP contribution in [0, 0.1) is 6.92 Å². The Kier molecular flexibility index (Phi) is 3.96. The number of piperidine rings is 1. The molecule has 0 unspecified atom stereocenters. The number of nitrogens with zero attached hydrogens (tertiary/aromatic N) is 3. The van der Waals surface area contributed by atoms with Crippen molar-refractivity contribution in [2.24, 2.45) is 0 Å². The lowest BCUT2D eigenvalue weighted by atomic mass is 10.1. The zero-order chi connectivity index (χ0) is 14.7. The topological polar surface area (TPSA) is 71.8 Å². The number of nitrogens with one attached hydrogen (secondary N) is 2. The smallest absolute Gasteiger partial charge is 0.257 e. The van der Waals surface area contributed by atoms with Crippen LogP contribution in [0.2, 0.25) is 0 Å². The van der Waals surface area contributed by atoms with Gasteiger partial charge < -0.3 is 10.6 Å². The standard InChI is InChI=1S/C15H19N5O/c1-11-14(3-2-6-17-11)15(21)19-12-9-18-20(10-12)13-4-7-16-8-5-13/h2-3,6,9-10,13,16H,4-5,7-8H2,1H3,(H,19,21). The van der Waals surface area contributed by atoms with Crippen LogP contribution in [0.25, 0.3) is 0 Å². The monoisotopic (exact) mass is 285 g/mol. The van der Waals surface area contributed by atoms with Crippen molar-refractivity contribution >= 4 is 11.6 Å². The minimum Gasteiger partial charge on any atom is -0.319 e. The van der Waals surface area contributed by atoms with Gasteiger partial charge in [-0.2, -0.15) is 5.10 Å². The summed E-state index contributed by atoms with van der Waals surface area (Å²) in [5, 5.41) is 10.6. The van der Waals surface area contributed by atoms with Crippen LogP contribution in [-0.2, 0) is 0 Å². The highest BCUT2D eigenvalue weighted by molar-refractivity contribution is 6.04. The Morgan fingerprint density at radius 1 is 1.43 bits per heavy atom. The number of anilines is 1. The molecule has 2 aromatic rings. The van der Waals surface area contributed by atoms with E-state index in [0.717, 1.165) is 37.3 Å². The van der Waals surface area contributed by atoms with Gasteiger partial charge in [0.2, 0.25) is 0 Å². The lowest BCUT2D eigenvalue weighted by molar-refractivity contribution is 0.102. The molecule has 3 heterocycles. The molecule has 0 radical (unpaired) electrons. The quantitative estimate of drug-likeness (QED) is 0.901. The van der Waals surface area contributed by atoms with Gasteiger partial charge in [-0.3, -0.25) is 14.5 Å². The predicted octanol–water partition coefficient (Wildman–Crippen LogP) is 1.76. The number of amides is 1. The Morgan fingerprint density at radius 3 is 3.00 bits per heavy atom. The fourth-order valence-corrected chi connectivity index (χ4v) is 2.60. The third-order valence-corrected chi connectivity index (χ3v) is 3.79. The second kappa shape index (κ2) is 6.05. The predicted molar refractivity (Wildman–Crippen MR) is 80.3 cm³/mol. The molecule has 6 heteroatoms. The summed E-state index contributed by atoms with van der Waals surface area (Å²) in [5.74, 6) is -0.148. The van der Waals surface area contributed by atoms with Crippen LogP contribution in [0.4, 0.5) is 5.69 Å². The second-order valence-electron chi connectivity index (χ2n) is 5.28. The van der Waals surface area contributed by atoms with Crippen LogP contribution >= 0.6 is 0 Å². The molecular formula is C15H19N5O. The second-order valence-corrected chi connectivity index (χ2v) is 5.28. The largest absolute Gasteiger partial charge is 0.319 e. The molecular weight excluding hydrogens is 266 g/mol. The van der Waals surface area contributed by atoms with E-state index >= 15 is 0 Å². The van der Waals surface area contributed by atoms with E-state index in [1.165, 1.54) is 0 Å². The van der Waals surface area contributed by atoms with Crippen molar-refractivity contribution in [1.29, 1.82) is 0 Å². The maximum atomic E-state index is 12.2. The highest BCUT2D eigenvalue weighted by Crippen LogP contribution is 2.19. The minimum atomic E-state index is -0.148. The van der Waals surface area contributed by atoms with Crippen molar-refractivity contribution in [2.75, 3.05) is 18.4 Å². The molecule has 21 heavy (non-hydrogen) atoms. The maximum absolute atomic E-state index is 12.2. The summed E-state index contributed by atoms with van der Waals surface area (Å²) in [7, 11) is 0. The van der Waals surface area contributed by atoms with Gasteiger partial charge in [0.1, 0.15) is 0 Å². The van der Waals surface area contributed by atoms with Crippen molar-refractivity contribution in [3.63, 3.8) is 0 Å². The molecule has 1 fully saturated rings. The first-order valence-corrected chi connectivity index (χ1v) is 7.22. The average molecular weight is 285 g/mol. The molecule has 0 aliphatic carbocycles. The van der Waals surface area contributed by atoms with Crippen LogP contribution in [0.15, 0.2) is 30.7 Å². The summed E-state index contributed by atoms with van der Waals surface area (Å²) >= 11 is 0. The Labute approximate surface area is 123 Å². The van der Waals surface area contributed by atoms with E-state index < -0.39 is 0 Å². The summed E-state index contributed by atoms with van der Waals surface area (Å²) in [6.07, 6.45) is 7.42. The Hall–Kier alpha value is -2.21. The number of carbonyl (C=O) groups is 1. The van der Waals surface area contributed by atoms with Gasteiger partial charge in [-0.1, -0.05) is 0 Å². The van der Waals surface area contributed by atoms with Gasteiger partial charge in [-0.25, -0.2) is 0 Å². The van der Waals surface area contributed by atoms with E-state index in [1.54, 1.807) is 24.5 Å².